The van der Waals surface area contributed by atoms with E-state index in [1.165, 1.54) is 25.3 Å². The van der Waals surface area contributed by atoms with Gasteiger partial charge in [-0.2, -0.15) is 0 Å². The zero-order valence-corrected chi connectivity index (χ0v) is 18.4. The fourth-order valence-electron chi connectivity index (χ4n) is 2.83. The molecule has 6 nitrogen and oxygen atoms in total. The number of anilines is 2. The molecule has 0 atom stereocenters. The predicted octanol–water partition coefficient (Wildman–Crippen LogP) is 5.45. The molecule has 0 unspecified atom stereocenters. The lowest BCUT2D eigenvalue weighted by atomic mass is 10.1. The number of esters is 1. The summed E-state index contributed by atoms with van der Waals surface area (Å²) in [5.41, 5.74) is 1.83. The number of hydrogen-bond acceptors (Lipinski definition) is 5. The van der Waals surface area contributed by atoms with Gasteiger partial charge in [0.05, 0.1) is 17.6 Å². The number of carbonyl (C=O) groups is 3. The van der Waals surface area contributed by atoms with Gasteiger partial charge in [-0.3, -0.25) is 9.59 Å². The summed E-state index contributed by atoms with van der Waals surface area (Å²) in [6.07, 6.45) is 0. The highest BCUT2D eigenvalue weighted by atomic mass is 35.5. The van der Waals surface area contributed by atoms with Crippen LogP contribution in [-0.2, 0) is 4.74 Å². The number of rotatable bonds is 5. The van der Waals surface area contributed by atoms with Gasteiger partial charge in [0, 0.05) is 16.3 Å². The second-order valence-corrected chi connectivity index (χ2v) is 8.06. The van der Waals surface area contributed by atoms with Crippen LogP contribution in [0.15, 0.2) is 42.5 Å². The van der Waals surface area contributed by atoms with Gasteiger partial charge < -0.3 is 15.4 Å². The number of carbonyl (C=O) groups excluding carboxylic acids is 3. The first-order chi connectivity index (χ1) is 14.7. The molecule has 2 N–H and O–H groups in total. The third-order valence-electron chi connectivity index (χ3n) is 4.49. The van der Waals surface area contributed by atoms with Gasteiger partial charge in [-0.05, 0) is 55.3 Å². The molecule has 0 saturated heterocycles. The Bertz CT molecular complexity index is 1190. The summed E-state index contributed by atoms with van der Waals surface area (Å²) >= 11 is 7.03. The third-order valence-corrected chi connectivity index (χ3v) is 6.10. The largest absolute Gasteiger partial charge is 0.465 e. The molecule has 0 bridgehead atoms. The van der Waals surface area contributed by atoms with E-state index in [9.17, 15) is 18.8 Å². The van der Waals surface area contributed by atoms with Gasteiger partial charge in [0.15, 0.2) is 0 Å². The summed E-state index contributed by atoms with van der Waals surface area (Å²) in [6.45, 7) is 3.42. The number of aryl methyl sites for hydroxylation is 1. The number of methoxy groups -OCH3 is 1. The molecule has 31 heavy (non-hydrogen) atoms. The van der Waals surface area contributed by atoms with E-state index in [2.05, 4.69) is 10.6 Å². The van der Waals surface area contributed by atoms with Crippen molar-refractivity contribution in [2.45, 2.75) is 13.8 Å². The minimum atomic E-state index is -0.708. The van der Waals surface area contributed by atoms with Crippen LogP contribution in [0.3, 0.4) is 0 Å². The number of benzene rings is 2. The first-order valence-corrected chi connectivity index (χ1v) is 10.3. The Kier molecular flexibility index (Phi) is 6.72. The lowest BCUT2D eigenvalue weighted by molar-refractivity contribution is 0.0601. The van der Waals surface area contributed by atoms with Crippen LogP contribution in [0.2, 0.25) is 5.02 Å². The van der Waals surface area contributed by atoms with Crippen molar-refractivity contribution in [3.63, 3.8) is 0 Å². The van der Waals surface area contributed by atoms with E-state index in [0.29, 0.717) is 16.3 Å². The van der Waals surface area contributed by atoms with Crippen molar-refractivity contribution in [2.24, 2.45) is 0 Å². The van der Waals surface area contributed by atoms with Crippen molar-refractivity contribution < 1.29 is 23.5 Å². The molecule has 2 aromatic carbocycles. The molecule has 0 aliphatic carbocycles. The fraction of sp³-hybridized carbons (Fsp3) is 0.136. The summed E-state index contributed by atoms with van der Waals surface area (Å²) in [5.74, 6) is -2.37. The molecule has 3 rings (SSSR count). The maximum Gasteiger partial charge on any atom is 0.341 e. The van der Waals surface area contributed by atoms with Crippen LogP contribution in [0, 0.1) is 19.7 Å². The Morgan fingerprint density at radius 1 is 1.03 bits per heavy atom. The summed E-state index contributed by atoms with van der Waals surface area (Å²) in [6, 6.07) is 10.2. The minimum Gasteiger partial charge on any atom is -0.465 e. The molecule has 3 aromatic rings. The van der Waals surface area contributed by atoms with Crippen LogP contribution in [0.4, 0.5) is 15.1 Å². The molecular weight excluding hydrogens is 443 g/mol. The molecule has 0 fully saturated rings. The third kappa shape index (κ3) is 4.92. The summed E-state index contributed by atoms with van der Waals surface area (Å²) in [4.78, 5) is 37.9. The number of amides is 2. The van der Waals surface area contributed by atoms with Gasteiger partial charge in [0.2, 0.25) is 0 Å². The van der Waals surface area contributed by atoms with Gasteiger partial charge in [-0.25, -0.2) is 9.18 Å². The second kappa shape index (κ2) is 9.28. The summed E-state index contributed by atoms with van der Waals surface area (Å²) in [7, 11) is 1.20. The van der Waals surface area contributed by atoms with Crippen LogP contribution in [0.5, 0.6) is 0 Å². The highest BCUT2D eigenvalue weighted by Crippen LogP contribution is 2.35. The predicted molar refractivity (Wildman–Crippen MR) is 119 cm³/mol. The SMILES string of the molecule is COC(=O)c1c(NC(=O)c2cccc(F)c2)sc(C(=O)Nc2ccc(C)c(Cl)c2)c1C. The monoisotopic (exact) mass is 460 g/mol. The van der Waals surface area contributed by atoms with Gasteiger partial charge in [0.25, 0.3) is 11.8 Å². The minimum absolute atomic E-state index is 0.0596. The smallest absolute Gasteiger partial charge is 0.341 e. The number of nitrogens with one attached hydrogen (secondary N) is 2. The van der Waals surface area contributed by atoms with Crippen LogP contribution >= 0.6 is 22.9 Å². The van der Waals surface area contributed by atoms with Gasteiger partial charge in [-0.15, -0.1) is 11.3 Å². The molecule has 0 spiro atoms. The van der Waals surface area contributed by atoms with Crippen molar-refractivity contribution >= 4 is 51.4 Å². The average Bonchev–Trinajstić information content (AvgIpc) is 3.06. The van der Waals surface area contributed by atoms with Crippen molar-refractivity contribution in [2.75, 3.05) is 17.7 Å². The molecule has 2 amide bonds. The number of thiophene rings is 1. The molecule has 0 aliphatic rings. The molecule has 160 valence electrons. The van der Waals surface area contributed by atoms with Gasteiger partial charge in [-0.1, -0.05) is 23.7 Å². The van der Waals surface area contributed by atoms with Crippen molar-refractivity contribution in [1.82, 2.24) is 0 Å². The van der Waals surface area contributed by atoms with Crippen LogP contribution in [0.25, 0.3) is 0 Å². The van der Waals surface area contributed by atoms with E-state index in [-0.39, 0.29) is 21.0 Å². The quantitative estimate of drug-likeness (QED) is 0.496. The zero-order chi connectivity index (χ0) is 22.7. The van der Waals surface area contributed by atoms with Gasteiger partial charge in [0.1, 0.15) is 10.8 Å². The lowest BCUT2D eigenvalue weighted by Crippen LogP contribution is -2.14. The highest BCUT2D eigenvalue weighted by molar-refractivity contribution is 7.19. The van der Waals surface area contributed by atoms with E-state index >= 15 is 0 Å². The van der Waals surface area contributed by atoms with E-state index in [1.54, 1.807) is 25.1 Å². The first kappa shape index (κ1) is 22.5. The summed E-state index contributed by atoms with van der Waals surface area (Å²) in [5, 5.41) is 5.94. The highest BCUT2D eigenvalue weighted by Gasteiger charge is 2.26. The van der Waals surface area contributed by atoms with E-state index < -0.39 is 23.6 Å². The van der Waals surface area contributed by atoms with Crippen molar-refractivity contribution in [3.05, 3.63) is 80.4 Å². The van der Waals surface area contributed by atoms with E-state index in [0.717, 1.165) is 23.0 Å². The van der Waals surface area contributed by atoms with Gasteiger partial charge >= 0.3 is 5.97 Å². The molecule has 1 aromatic heterocycles. The Hall–Kier alpha value is -3.23. The number of ether oxygens (including phenoxy) is 1. The van der Waals surface area contributed by atoms with E-state index in [1.807, 2.05) is 6.92 Å². The Balaban J connectivity index is 1.93. The molecule has 9 heteroatoms. The lowest BCUT2D eigenvalue weighted by Gasteiger charge is -2.06. The number of halogens is 2. The summed E-state index contributed by atoms with van der Waals surface area (Å²) < 4.78 is 18.3. The zero-order valence-electron chi connectivity index (χ0n) is 16.8. The Labute approximate surface area is 187 Å². The Morgan fingerprint density at radius 3 is 2.42 bits per heavy atom. The normalized spacial score (nSPS) is 10.5. The topological polar surface area (TPSA) is 84.5 Å². The van der Waals surface area contributed by atoms with Crippen LogP contribution < -0.4 is 10.6 Å². The molecular formula is C22H18ClFN2O4S. The molecule has 0 radical (unpaired) electrons. The second-order valence-electron chi connectivity index (χ2n) is 6.63. The molecule has 0 aliphatic heterocycles. The average molecular weight is 461 g/mol. The maximum atomic E-state index is 13.4. The van der Waals surface area contributed by atoms with Crippen LogP contribution in [-0.4, -0.2) is 24.9 Å². The fourth-order valence-corrected chi connectivity index (χ4v) is 4.10. The van der Waals surface area contributed by atoms with E-state index in [4.69, 9.17) is 16.3 Å². The maximum absolute atomic E-state index is 13.4. The Morgan fingerprint density at radius 2 is 1.77 bits per heavy atom. The first-order valence-electron chi connectivity index (χ1n) is 9.07. The molecule has 1 heterocycles. The number of hydrogen-bond donors (Lipinski definition) is 2. The molecule has 0 saturated carbocycles. The van der Waals surface area contributed by atoms with Crippen molar-refractivity contribution in [1.29, 1.82) is 0 Å². The van der Waals surface area contributed by atoms with Crippen molar-refractivity contribution in [3.8, 4) is 0 Å². The van der Waals surface area contributed by atoms with Crippen LogP contribution in [0.1, 0.15) is 41.5 Å². The standard InChI is InChI=1S/C22H18ClFN2O4S/c1-11-7-8-15(10-16(11)23)25-20(28)18-12(2)17(22(29)30-3)21(31-18)26-19(27)13-5-4-6-14(24)9-13/h4-10H,1-3H3,(H,25,28)(H,26,27).